The number of nitrogens with zero attached hydrogens (tertiary/aromatic N) is 4. The molecule has 154 valence electrons. The van der Waals surface area contributed by atoms with Crippen LogP contribution < -0.4 is 10.6 Å². The van der Waals surface area contributed by atoms with Gasteiger partial charge in [-0.1, -0.05) is 19.3 Å². The molecule has 0 spiro atoms. The van der Waals surface area contributed by atoms with E-state index in [9.17, 15) is 0 Å². The van der Waals surface area contributed by atoms with Crippen LogP contribution in [0.4, 0.5) is 0 Å². The Hall–Kier alpha value is -0.870. The summed E-state index contributed by atoms with van der Waals surface area (Å²) in [6.45, 7) is 6.68. The molecule has 2 heterocycles. The van der Waals surface area contributed by atoms with Gasteiger partial charge in [0.1, 0.15) is 0 Å². The Morgan fingerprint density at radius 1 is 1.19 bits per heavy atom. The van der Waals surface area contributed by atoms with Crippen LogP contribution in [-0.2, 0) is 11.3 Å². The molecule has 1 aromatic rings. The molecular weight excluding hydrogens is 455 g/mol. The number of aryl methyl sites for hydroxylation is 1. The molecule has 2 N–H and O–H groups in total. The van der Waals surface area contributed by atoms with Gasteiger partial charge in [-0.05, 0) is 19.3 Å². The summed E-state index contributed by atoms with van der Waals surface area (Å²) in [5.41, 5.74) is 0.260. The maximum Gasteiger partial charge on any atom is 0.191 e. The minimum absolute atomic E-state index is 0. The lowest BCUT2D eigenvalue weighted by Crippen LogP contribution is -2.60. The van der Waals surface area contributed by atoms with Gasteiger partial charge in [0.15, 0.2) is 5.96 Å². The van der Waals surface area contributed by atoms with E-state index in [1.807, 2.05) is 25.8 Å². The molecule has 1 aliphatic carbocycles. The first-order valence-electron chi connectivity index (χ1n) is 10.1. The Labute approximate surface area is 180 Å². The van der Waals surface area contributed by atoms with Crippen molar-refractivity contribution in [1.29, 1.82) is 0 Å². The highest BCUT2D eigenvalue weighted by Gasteiger charge is 2.38. The molecule has 2 fully saturated rings. The van der Waals surface area contributed by atoms with Crippen molar-refractivity contribution in [3.63, 3.8) is 0 Å². The van der Waals surface area contributed by atoms with Crippen molar-refractivity contribution in [2.24, 2.45) is 4.99 Å². The van der Waals surface area contributed by atoms with Gasteiger partial charge in [0.2, 0.25) is 0 Å². The molecule has 1 aromatic heterocycles. The zero-order chi connectivity index (χ0) is 18.1. The third-order valence-corrected chi connectivity index (χ3v) is 5.72. The molecular formula is C19H35IN6O. The van der Waals surface area contributed by atoms with Crippen molar-refractivity contribution >= 4 is 29.9 Å². The first-order valence-corrected chi connectivity index (χ1v) is 10.1. The van der Waals surface area contributed by atoms with Crippen LogP contribution in [0.1, 0.15) is 38.5 Å². The third-order valence-electron chi connectivity index (χ3n) is 5.72. The first kappa shape index (κ1) is 22.4. The van der Waals surface area contributed by atoms with Gasteiger partial charge >= 0.3 is 0 Å². The van der Waals surface area contributed by atoms with Crippen molar-refractivity contribution in [3.05, 3.63) is 18.7 Å². The minimum atomic E-state index is 0. The lowest BCUT2D eigenvalue weighted by molar-refractivity contribution is -0.0352. The van der Waals surface area contributed by atoms with E-state index < -0.39 is 0 Å². The molecule has 0 amide bonds. The Kier molecular flexibility index (Phi) is 9.84. The number of morpholine rings is 1. The average Bonchev–Trinajstić information content (AvgIpc) is 3.22. The van der Waals surface area contributed by atoms with E-state index in [0.717, 1.165) is 58.3 Å². The highest BCUT2D eigenvalue weighted by molar-refractivity contribution is 14.0. The van der Waals surface area contributed by atoms with E-state index in [4.69, 9.17) is 4.74 Å². The van der Waals surface area contributed by atoms with E-state index in [1.165, 1.54) is 32.1 Å². The second kappa shape index (κ2) is 11.9. The molecule has 8 heteroatoms. The van der Waals surface area contributed by atoms with Gasteiger partial charge < -0.3 is 19.9 Å². The monoisotopic (exact) mass is 490 g/mol. The van der Waals surface area contributed by atoms with Crippen LogP contribution in [0.2, 0.25) is 0 Å². The third kappa shape index (κ3) is 6.60. The topological polar surface area (TPSA) is 66.7 Å². The number of nitrogens with one attached hydrogen (secondary N) is 2. The molecule has 7 nitrogen and oxygen atoms in total. The molecule has 1 saturated heterocycles. The van der Waals surface area contributed by atoms with Gasteiger partial charge in [-0.3, -0.25) is 9.89 Å². The van der Waals surface area contributed by atoms with Gasteiger partial charge in [-0.2, -0.15) is 0 Å². The number of ether oxygens (including phenoxy) is 1. The summed E-state index contributed by atoms with van der Waals surface area (Å²) in [5, 5.41) is 7.06. The highest BCUT2D eigenvalue weighted by atomic mass is 127. The molecule has 0 aromatic carbocycles. The number of hydrogen-bond donors (Lipinski definition) is 2. The molecule has 2 aliphatic rings. The van der Waals surface area contributed by atoms with Gasteiger partial charge in [-0.15, -0.1) is 24.0 Å². The van der Waals surface area contributed by atoms with Crippen LogP contribution >= 0.6 is 24.0 Å². The summed E-state index contributed by atoms with van der Waals surface area (Å²) in [6, 6.07) is 0. The van der Waals surface area contributed by atoms with Crippen LogP contribution in [0.15, 0.2) is 23.7 Å². The maximum absolute atomic E-state index is 5.57. The largest absolute Gasteiger partial charge is 0.379 e. The summed E-state index contributed by atoms with van der Waals surface area (Å²) >= 11 is 0. The summed E-state index contributed by atoms with van der Waals surface area (Å²) in [5.74, 6) is 0.911. The number of aliphatic imine (C=N–C) groups is 1. The highest BCUT2D eigenvalue weighted by Crippen LogP contribution is 2.33. The number of guanidine groups is 1. The van der Waals surface area contributed by atoms with E-state index in [2.05, 4.69) is 30.1 Å². The average molecular weight is 490 g/mol. The summed E-state index contributed by atoms with van der Waals surface area (Å²) < 4.78 is 7.68. The van der Waals surface area contributed by atoms with Crippen LogP contribution in [0, 0.1) is 0 Å². The minimum Gasteiger partial charge on any atom is -0.379 e. The van der Waals surface area contributed by atoms with E-state index in [1.54, 1.807) is 0 Å². The second-order valence-electron chi connectivity index (χ2n) is 7.39. The van der Waals surface area contributed by atoms with Crippen molar-refractivity contribution in [2.75, 3.05) is 46.4 Å². The van der Waals surface area contributed by atoms with Crippen LogP contribution in [0.25, 0.3) is 0 Å². The first-order chi connectivity index (χ1) is 12.8. The van der Waals surface area contributed by atoms with Gasteiger partial charge in [0, 0.05) is 57.7 Å². The van der Waals surface area contributed by atoms with E-state index in [-0.39, 0.29) is 29.5 Å². The summed E-state index contributed by atoms with van der Waals surface area (Å²) in [6.07, 6.45) is 13.3. The Morgan fingerprint density at radius 3 is 2.63 bits per heavy atom. The van der Waals surface area contributed by atoms with Crippen LogP contribution in [-0.4, -0.2) is 72.4 Å². The quantitative estimate of drug-likeness (QED) is 0.265. The number of rotatable bonds is 7. The molecule has 27 heavy (non-hydrogen) atoms. The maximum atomic E-state index is 5.57. The zero-order valence-electron chi connectivity index (χ0n) is 16.5. The van der Waals surface area contributed by atoms with Gasteiger partial charge in [-0.25, -0.2) is 4.98 Å². The van der Waals surface area contributed by atoms with Crippen molar-refractivity contribution < 1.29 is 4.74 Å². The number of imidazole rings is 1. The Morgan fingerprint density at radius 2 is 1.96 bits per heavy atom. The van der Waals surface area contributed by atoms with Crippen LogP contribution in [0.3, 0.4) is 0 Å². The normalized spacial score (nSPS) is 20.7. The van der Waals surface area contributed by atoms with Crippen LogP contribution in [0.5, 0.6) is 0 Å². The predicted molar refractivity (Wildman–Crippen MR) is 120 cm³/mol. The zero-order valence-corrected chi connectivity index (χ0v) is 18.9. The smallest absolute Gasteiger partial charge is 0.191 e. The summed E-state index contributed by atoms with van der Waals surface area (Å²) in [4.78, 5) is 11.2. The van der Waals surface area contributed by atoms with E-state index in [0.29, 0.717) is 0 Å². The SMILES string of the molecule is CN=C(NCCCn1ccnc1)NCC1(N2CCOCC2)CCCCC1.I. The van der Waals surface area contributed by atoms with Gasteiger partial charge in [0.05, 0.1) is 19.5 Å². The number of aromatic nitrogens is 2. The van der Waals surface area contributed by atoms with E-state index >= 15 is 0 Å². The summed E-state index contributed by atoms with van der Waals surface area (Å²) in [7, 11) is 1.85. The van der Waals surface area contributed by atoms with Gasteiger partial charge in [0.25, 0.3) is 0 Å². The fourth-order valence-corrected chi connectivity index (χ4v) is 4.21. The molecule has 3 rings (SSSR count). The molecule has 0 unspecified atom stereocenters. The fourth-order valence-electron chi connectivity index (χ4n) is 4.21. The molecule has 0 radical (unpaired) electrons. The Bertz CT molecular complexity index is 538. The van der Waals surface area contributed by atoms with Crippen molar-refractivity contribution in [1.82, 2.24) is 25.1 Å². The molecule has 1 aliphatic heterocycles. The molecule has 0 bridgehead atoms. The van der Waals surface area contributed by atoms with Crippen molar-refractivity contribution in [2.45, 2.75) is 50.6 Å². The Balaban J connectivity index is 0.00000261. The molecule has 0 atom stereocenters. The van der Waals surface area contributed by atoms with Crippen molar-refractivity contribution in [3.8, 4) is 0 Å². The second-order valence-corrected chi connectivity index (χ2v) is 7.39. The number of hydrogen-bond acceptors (Lipinski definition) is 4. The number of halogens is 1. The predicted octanol–water partition coefficient (Wildman–Crippen LogP) is 2.09. The fraction of sp³-hybridized carbons (Fsp3) is 0.789. The standard InChI is InChI=1S/C19H34N6O.HI/c1-20-18(22-8-5-10-24-11-9-21-17-24)23-16-19(6-3-2-4-7-19)25-12-14-26-15-13-25;/h9,11,17H,2-8,10,12-16H2,1H3,(H2,20,22,23);1H. The molecule has 1 saturated carbocycles. The lowest BCUT2D eigenvalue weighted by atomic mass is 9.80. The lowest BCUT2D eigenvalue weighted by Gasteiger charge is -2.48.